The Kier molecular flexibility index (Phi) is 3.92. The average molecular weight is 358 g/mol. The van der Waals surface area contributed by atoms with E-state index in [0.29, 0.717) is 12.5 Å². The van der Waals surface area contributed by atoms with Gasteiger partial charge in [-0.25, -0.2) is 8.42 Å². The molecule has 1 aliphatic rings. The second kappa shape index (κ2) is 6.00. The second-order valence-corrected chi connectivity index (χ2v) is 8.95. The lowest BCUT2D eigenvalue weighted by molar-refractivity contribution is 0.403. The Balaban J connectivity index is 1.57. The van der Waals surface area contributed by atoms with Crippen LogP contribution in [-0.2, 0) is 16.6 Å². The number of sulfonamides is 1. The summed E-state index contributed by atoms with van der Waals surface area (Å²) >= 11 is 0. The van der Waals surface area contributed by atoms with E-state index in [1.165, 1.54) is 17.2 Å². The van der Waals surface area contributed by atoms with E-state index in [0.717, 1.165) is 24.1 Å². The molecule has 0 aliphatic carbocycles. The number of hydrogen-bond acceptors (Lipinski definition) is 3. The molecule has 1 saturated heterocycles. The van der Waals surface area contributed by atoms with Crippen molar-refractivity contribution in [2.75, 3.05) is 12.8 Å². The molecule has 1 aromatic carbocycles. The van der Waals surface area contributed by atoms with Crippen molar-refractivity contribution in [2.24, 2.45) is 5.92 Å². The third kappa shape index (κ3) is 3.09. The molecule has 2 aromatic heterocycles. The number of aromatic amines is 1. The molecule has 0 radical (unpaired) electrons. The van der Waals surface area contributed by atoms with Crippen LogP contribution in [0.25, 0.3) is 22.0 Å². The van der Waals surface area contributed by atoms with Crippen LogP contribution in [-0.4, -0.2) is 46.3 Å². The number of hydrogen-bond donors (Lipinski definition) is 1. The maximum Gasteiger partial charge on any atom is 0.211 e. The third-order valence-electron chi connectivity index (χ3n) is 5.09. The normalized spacial score (nSPS) is 22.0. The van der Waals surface area contributed by atoms with Crippen molar-refractivity contribution in [3.63, 3.8) is 0 Å². The summed E-state index contributed by atoms with van der Waals surface area (Å²) in [7, 11) is -3.12. The van der Waals surface area contributed by atoms with E-state index in [9.17, 15) is 8.42 Å². The van der Waals surface area contributed by atoms with Gasteiger partial charge in [-0.1, -0.05) is 6.07 Å². The molecule has 0 amide bonds. The van der Waals surface area contributed by atoms with Crippen LogP contribution in [0.3, 0.4) is 0 Å². The standard InChI is InChI=1S/C18H22N4O2S/c1-13-7-14(12-22(13)25(2,23)24)11-21-6-5-16-8-15(3-4-18(16)21)17-9-19-20-10-17/h3-6,8-10,13-14H,7,11-12H2,1-2H3,(H,19,20). The summed E-state index contributed by atoms with van der Waals surface area (Å²) in [5, 5.41) is 8.03. The van der Waals surface area contributed by atoms with Gasteiger partial charge in [0.15, 0.2) is 0 Å². The van der Waals surface area contributed by atoms with Crippen LogP contribution in [0, 0.1) is 5.92 Å². The summed E-state index contributed by atoms with van der Waals surface area (Å²) in [6, 6.07) is 8.59. The van der Waals surface area contributed by atoms with Crippen LogP contribution in [0.2, 0.25) is 0 Å². The van der Waals surface area contributed by atoms with Crippen molar-refractivity contribution in [2.45, 2.75) is 25.9 Å². The Morgan fingerprint density at radius 3 is 2.80 bits per heavy atom. The number of nitrogens with zero attached hydrogens (tertiary/aromatic N) is 3. The van der Waals surface area contributed by atoms with E-state index in [2.05, 4.69) is 45.2 Å². The zero-order chi connectivity index (χ0) is 17.6. The summed E-state index contributed by atoms with van der Waals surface area (Å²) in [6.07, 6.45) is 8.00. The van der Waals surface area contributed by atoms with E-state index in [1.807, 2.05) is 19.3 Å². The molecular formula is C18H22N4O2S. The van der Waals surface area contributed by atoms with Crippen molar-refractivity contribution in [3.8, 4) is 11.1 Å². The zero-order valence-corrected chi connectivity index (χ0v) is 15.2. The fraction of sp³-hybridized carbons (Fsp3) is 0.389. The number of fused-ring (bicyclic) bond motifs is 1. The van der Waals surface area contributed by atoms with Crippen molar-refractivity contribution in [3.05, 3.63) is 42.9 Å². The topological polar surface area (TPSA) is 71.0 Å². The lowest BCUT2D eigenvalue weighted by Gasteiger charge is -2.17. The highest BCUT2D eigenvalue weighted by Gasteiger charge is 2.34. The van der Waals surface area contributed by atoms with Gasteiger partial charge < -0.3 is 4.57 Å². The van der Waals surface area contributed by atoms with Gasteiger partial charge in [0.1, 0.15) is 0 Å². The summed E-state index contributed by atoms with van der Waals surface area (Å²) in [6.45, 7) is 3.43. The fourth-order valence-electron chi connectivity index (χ4n) is 3.93. The van der Waals surface area contributed by atoms with Gasteiger partial charge in [0, 0.05) is 48.0 Å². The van der Waals surface area contributed by atoms with Crippen molar-refractivity contribution in [1.29, 1.82) is 0 Å². The Bertz CT molecular complexity index is 991. The lowest BCUT2D eigenvalue weighted by Crippen LogP contribution is -2.33. The highest BCUT2D eigenvalue weighted by atomic mass is 32.2. The summed E-state index contributed by atoms with van der Waals surface area (Å²) in [4.78, 5) is 0. The third-order valence-corrected chi connectivity index (χ3v) is 6.45. The quantitative estimate of drug-likeness (QED) is 0.779. The van der Waals surface area contributed by atoms with Gasteiger partial charge in [-0.05, 0) is 43.0 Å². The minimum Gasteiger partial charge on any atom is -0.347 e. The van der Waals surface area contributed by atoms with Crippen LogP contribution in [0.15, 0.2) is 42.9 Å². The first-order valence-corrected chi connectivity index (χ1v) is 10.3. The van der Waals surface area contributed by atoms with E-state index in [1.54, 1.807) is 4.31 Å². The number of rotatable bonds is 4. The molecule has 3 heterocycles. The first kappa shape index (κ1) is 16.4. The minimum atomic E-state index is -3.12. The highest BCUT2D eigenvalue weighted by Crippen LogP contribution is 2.29. The van der Waals surface area contributed by atoms with Crippen LogP contribution in [0.5, 0.6) is 0 Å². The number of nitrogens with one attached hydrogen (secondary N) is 1. The molecule has 0 spiro atoms. The van der Waals surface area contributed by atoms with Crippen molar-refractivity contribution >= 4 is 20.9 Å². The molecule has 25 heavy (non-hydrogen) atoms. The highest BCUT2D eigenvalue weighted by molar-refractivity contribution is 7.88. The van der Waals surface area contributed by atoms with E-state index in [-0.39, 0.29) is 6.04 Å². The molecule has 0 saturated carbocycles. The summed E-state index contributed by atoms with van der Waals surface area (Å²) in [5.41, 5.74) is 3.39. The molecule has 2 unspecified atom stereocenters. The van der Waals surface area contributed by atoms with Crippen LogP contribution in [0.1, 0.15) is 13.3 Å². The molecule has 1 N–H and O–H groups in total. The molecule has 1 aliphatic heterocycles. The lowest BCUT2D eigenvalue weighted by atomic mass is 10.1. The number of H-pyrrole nitrogens is 1. The summed E-state index contributed by atoms with van der Waals surface area (Å²) < 4.78 is 27.6. The van der Waals surface area contributed by atoms with Gasteiger partial charge >= 0.3 is 0 Å². The van der Waals surface area contributed by atoms with Gasteiger partial charge in [0.25, 0.3) is 0 Å². The number of aromatic nitrogens is 3. The predicted octanol–water partition coefficient (Wildman–Crippen LogP) is 2.70. The van der Waals surface area contributed by atoms with Crippen LogP contribution < -0.4 is 0 Å². The first-order valence-electron chi connectivity index (χ1n) is 8.46. The van der Waals surface area contributed by atoms with Gasteiger partial charge in [-0.15, -0.1) is 0 Å². The zero-order valence-electron chi connectivity index (χ0n) is 14.4. The smallest absolute Gasteiger partial charge is 0.211 e. The van der Waals surface area contributed by atoms with Gasteiger partial charge in [0.2, 0.25) is 10.0 Å². The molecule has 132 valence electrons. The monoisotopic (exact) mass is 358 g/mol. The Morgan fingerprint density at radius 1 is 1.28 bits per heavy atom. The molecule has 2 atom stereocenters. The second-order valence-electron chi connectivity index (χ2n) is 7.01. The molecule has 0 bridgehead atoms. The molecule has 7 heteroatoms. The van der Waals surface area contributed by atoms with Gasteiger partial charge in [-0.2, -0.15) is 9.40 Å². The van der Waals surface area contributed by atoms with E-state index in [4.69, 9.17) is 0 Å². The van der Waals surface area contributed by atoms with Gasteiger partial charge in [-0.3, -0.25) is 5.10 Å². The average Bonchev–Trinajstić information content (AvgIpc) is 3.27. The van der Waals surface area contributed by atoms with E-state index >= 15 is 0 Å². The Labute approximate surface area is 147 Å². The first-order chi connectivity index (χ1) is 11.9. The van der Waals surface area contributed by atoms with Gasteiger partial charge in [0.05, 0.1) is 12.5 Å². The Hall–Kier alpha value is -2.12. The largest absolute Gasteiger partial charge is 0.347 e. The van der Waals surface area contributed by atoms with Crippen molar-refractivity contribution in [1.82, 2.24) is 19.1 Å². The maximum atomic E-state index is 11.9. The summed E-state index contributed by atoms with van der Waals surface area (Å²) in [5.74, 6) is 0.342. The van der Waals surface area contributed by atoms with Crippen LogP contribution in [0.4, 0.5) is 0 Å². The van der Waals surface area contributed by atoms with Crippen molar-refractivity contribution < 1.29 is 8.42 Å². The fourth-order valence-corrected chi connectivity index (χ4v) is 5.15. The minimum absolute atomic E-state index is 0.0783. The maximum absolute atomic E-state index is 11.9. The SMILES string of the molecule is CC1CC(Cn2ccc3cc(-c4cn[nH]c4)ccc32)CN1S(C)(=O)=O. The molecule has 3 aromatic rings. The molecule has 6 nitrogen and oxygen atoms in total. The molecule has 4 rings (SSSR count). The number of benzene rings is 1. The predicted molar refractivity (Wildman–Crippen MR) is 98.6 cm³/mol. The Morgan fingerprint density at radius 2 is 2.12 bits per heavy atom. The molecule has 1 fully saturated rings. The molecular weight excluding hydrogens is 336 g/mol. The van der Waals surface area contributed by atoms with Crippen LogP contribution >= 0.6 is 0 Å². The van der Waals surface area contributed by atoms with E-state index < -0.39 is 10.0 Å².